The van der Waals surface area contributed by atoms with E-state index in [1.807, 2.05) is 44.2 Å². The molecule has 0 fully saturated rings. The normalized spacial score (nSPS) is 11.3. The summed E-state index contributed by atoms with van der Waals surface area (Å²) in [6.07, 6.45) is 1.70. The van der Waals surface area contributed by atoms with Gasteiger partial charge in [-0.05, 0) is 19.9 Å². The molecule has 82 valence electrons. The smallest absolute Gasteiger partial charge is 0.214 e. The SMILES string of the molecule is C=CC(OCC)(OCC)c1ccccc1. The molecule has 0 saturated carbocycles. The molecule has 2 heteroatoms. The van der Waals surface area contributed by atoms with E-state index < -0.39 is 5.79 Å². The summed E-state index contributed by atoms with van der Waals surface area (Å²) in [6.45, 7) is 8.85. The fraction of sp³-hybridized carbons (Fsp3) is 0.385. The molecule has 0 aliphatic carbocycles. The van der Waals surface area contributed by atoms with Gasteiger partial charge in [-0.25, -0.2) is 0 Å². The number of ether oxygens (including phenoxy) is 2. The maximum Gasteiger partial charge on any atom is 0.214 e. The van der Waals surface area contributed by atoms with E-state index in [1.165, 1.54) is 0 Å². The van der Waals surface area contributed by atoms with Crippen LogP contribution in [0.4, 0.5) is 0 Å². The minimum Gasteiger partial charge on any atom is -0.343 e. The maximum absolute atomic E-state index is 5.66. The number of benzene rings is 1. The molecule has 2 nitrogen and oxygen atoms in total. The van der Waals surface area contributed by atoms with Crippen molar-refractivity contribution in [3.8, 4) is 0 Å². The third-order valence-corrected chi connectivity index (χ3v) is 2.16. The first-order chi connectivity index (χ1) is 7.29. The Morgan fingerprint density at radius 2 is 1.67 bits per heavy atom. The summed E-state index contributed by atoms with van der Waals surface area (Å²) in [7, 11) is 0. The zero-order valence-electron chi connectivity index (χ0n) is 9.40. The third-order valence-electron chi connectivity index (χ3n) is 2.16. The predicted molar refractivity (Wildman–Crippen MR) is 61.6 cm³/mol. The van der Waals surface area contributed by atoms with Gasteiger partial charge in [0.05, 0.1) is 0 Å². The van der Waals surface area contributed by atoms with E-state index in [0.29, 0.717) is 13.2 Å². The molecule has 0 radical (unpaired) electrons. The van der Waals surface area contributed by atoms with Crippen molar-refractivity contribution >= 4 is 0 Å². The molecule has 0 spiro atoms. The quantitative estimate of drug-likeness (QED) is 0.526. The second kappa shape index (κ2) is 5.69. The molecule has 0 N–H and O–H groups in total. The zero-order chi connectivity index (χ0) is 11.1. The van der Waals surface area contributed by atoms with Crippen molar-refractivity contribution in [2.45, 2.75) is 19.6 Å². The van der Waals surface area contributed by atoms with Crippen LogP contribution in [-0.2, 0) is 15.3 Å². The third kappa shape index (κ3) is 2.67. The highest BCUT2D eigenvalue weighted by atomic mass is 16.7. The molecule has 1 aromatic carbocycles. The Bertz CT molecular complexity index is 287. The molecular weight excluding hydrogens is 188 g/mol. The highest BCUT2D eigenvalue weighted by Crippen LogP contribution is 2.28. The van der Waals surface area contributed by atoms with Crippen LogP contribution in [0.2, 0.25) is 0 Å². The van der Waals surface area contributed by atoms with E-state index in [4.69, 9.17) is 9.47 Å². The second-order valence-corrected chi connectivity index (χ2v) is 3.10. The van der Waals surface area contributed by atoms with Crippen LogP contribution in [0.1, 0.15) is 19.4 Å². The van der Waals surface area contributed by atoms with Crippen molar-refractivity contribution in [1.82, 2.24) is 0 Å². The maximum atomic E-state index is 5.66. The minimum atomic E-state index is -0.801. The van der Waals surface area contributed by atoms with Crippen molar-refractivity contribution < 1.29 is 9.47 Å². The summed E-state index contributed by atoms with van der Waals surface area (Å²) in [6, 6.07) is 9.85. The molecule has 0 aromatic heterocycles. The van der Waals surface area contributed by atoms with Gasteiger partial charge in [0.15, 0.2) is 0 Å². The molecule has 0 aliphatic rings. The zero-order valence-corrected chi connectivity index (χ0v) is 9.40. The Morgan fingerprint density at radius 3 is 2.07 bits per heavy atom. The molecule has 0 atom stereocenters. The Morgan fingerprint density at radius 1 is 1.13 bits per heavy atom. The van der Waals surface area contributed by atoms with E-state index in [-0.39, 0.29) is 0 Å². The fourth-order valence-corrected chi connectivity index (χ4v) is 1.54. The van der Waals surface area contributed by atoms with Crippen molar-refractivity contribution in [2.24, 2.45) is 0 Å². The van der Waals surface area contributed by atoms with Gasteiger partial charge < -0.3 is 9.47 Å². The van der Waals surface area contributed by atoms with E-state index in [2.05, 4.69) is 6.58 Å². The molecule has 0 bridgehead atoms. The van der Waals surface area contributed by atoms with E-state index >= 15 is 0 Å². The molecule has 15 heavy (non-hydrogen) atoms. The van der Waals surface area contributed by atoms with E-state index in [9.17, 15) is 0 Å². The topological polar surface area (TPSA) is 18.5 Å². The lowest BCUT2D eigenvalue weighted by molar-refractivity contribution is -0.207. The van der Waals surface area contributed by atoms with Crippen LogP contribution < -0.4 is 0 Å². The van der Waals surface area contributed by atoms with E-state index in [0.717, 1.165) is 5.56 Å². The molecule has 1 aromatic rings. The lowest BCUT2D eigenvalue weighted by Crippen LogP contribution is -2.30. The van der Waals surface area contributed by atoms with Gasteiger partial charge in [-0.2, -0.15) is 0 Å². The number of rotatable bonds is 6. The van der Waals surface area contributed by atoms with Crippen LogP contribution in [0.25, 0.3) is 0 Å². The summed E-state index contributed by atoms with van der Waals surface area (Å²) < 4.78 is 11.3. The Labute approximate surface area is 91.5 Å². The van der Waals surface area contributed by atoms with Gasteiger partial charge in [0.1, 0.15) is 0 Å². The standard InChI is InChI=1S/C13H18O2/c1-4-13(14-5-2,15-6-3)12-10-8-7-9-11-12/h4,7-11H,1,5-6H2,2-3H3. The summed E-state index contributed by atoms with van der Waals surface area (Å²) >= 11 is 0. The fourth-order valence-electron chi connectivity index (χ4n) is 1.54. The van der Waals surface area contributed by atoms with Crippen molar-refractivity contribution in [1.29, 1.82) is 0 Å². The van der Waals surface area contributed by atoms with Crippen molar-refractivity contribution in [3.05, 3.63) is 48.6 Å². The highest BCUT2D eigenvalue weighted by molar-refractivity contribution is 5.24. The van der Waals surface area contributed by atoms with Crippen LogP contribution in [0.5, 0.6) is 0 Å². The predicted octanol–water partition coefficient (Wildman–Crippen LogP) is 3.10. The first-order valence-electron chi connectivity index (χ1n) is 5.26. The Hall–Kier alpha value is -1.12. The van der Waals surface area contributed by atoms with Crippen LogP contribution in [0.15, 0.2) is 43.0 Å². The molecule has 0 heterocycles. The van der Waals surface area contributed by atoms with Gasteiger partial charge in [-0.1, -0.05) is 36.9 Å². The Kier molecular flexibility index (Phi) is 4.53. The van der Waals surface area contributed by atoms with Crippen molar-refractivity contribution in [3.63, 3.8) is 0 Å². The van der Waals surface area contributed by atoms with Gasteiger partial charge in [-0.3, -0.25) is 0 Å². The summed E-state index contributed by atoms with van der Waals surface area (Å²) in [5.41, 5.74) is 0.976. The number of hydrogen-bond donors (Lipinski definition) is 0. The average molecular weight is 206 g/mol. The van der Waals surface area contributed by atoms with Crippen LogP contribution >= 0.6 is 0 Å². The van der Waals surface area contributed by atoms with Gasteiger partial charge in [-0.15, -0.1) is 0 Å². The largest absolute Gasteiger partial charge is 0.343 e. The van der Waals surface area contributed by atoms with Gasteiger partial charge in [0, 0.05) is 18.8 Å². The summed E-state index contributed by atoms with van der Waals surface area (Å²) in [5.74, 6) is -0.801. The lowest BCUT2D eigenvalue weighted by atomic mass is 10.1. The average Bonchev–Trinajstić information content (AvgIpc) is 2.30. The monoisotopic (exact) mass is 206 g/mol. The summed E-state index contributed by atoms with van der Waals surface area (Å²) in [4.78, 5) is 0. The molecule has 0 saturated heterocycles. The van der Waals surface area contributed by atoms with Crippen LogP contribution in [-0.4, -0.2) is 13.2 Å². The minimum absolute atomic E-state index is 0.584. The molecular formula is C13H18O2. The highest BCUT2D eigenvalue weighted by Gasteiger charge is 2.29. The first-order valence-corrected chi connectivity index (χ1v) is 5.26. The van der Waals surface area contributed by atoms with Gasteiger partial charge >= 0.3 is 0 Å². The molecule has 0 aliphatic heterocycles. The Balaban J connectivity index is 3.03. The molecule has 1 rings (SSSR count). The van der Waals surface area contributed by atoms with Crippen molar-refractivity contribution in [2.75, 3.05) is 13.2 Å². The van der Waals surface area contributed by atoms with Gasteiger partial charge in [0.25, 0.3) is 0 Å². The number of hydrogen-bond acceptors (Lipinski definition) is 2. The molecule has 0 amide bonds. The lowest BCUT2D eigenvalue weighted by Gasteiger charge is -2.30. The van der Waals surface area contributed by atoms with Crippen LogP contribution in [0, 0.1) is 0 Å². The van der Waals surface area contributed by atoms with Gasteiger partial charge in [0.2, 0.25) is 5.79 Å². The first kappa shape index (κ1) is 12.0. The van der Waals surface area contributed by atoms with Crippen LogP contribution in [0.3, 0.4) is 0 Å². The summed E-state index contributed by atoms with van der Waals surface area (Å²) in [5, 5.41) is 0. The molecule has 0 unspecified atom stereocenters. The van der Waals surface area contributed by atoms with E-state index in [1.54, 1.807) is 6.08 Å². The second-order valence-electron chi connectivity index (χ2n) is 3.10.